The van der Waals surface area contributed by atoms with Gasteiger partial charge in [0.2, 0.25) is 5.91 Å². The first-order valence-corrected chi connectivity index (χ1v) is 9.00. The second-order valence-corrected chi connectivity index (χ2v) is 7.19. The number of aliphatic hydroxyl groups excluding tert-OH is 1. The third-order valence-electron chi connectivity index (χ3n) is 5.57. The number of fused-ring (bicyclic) bond motifs is 1. The van der Waals surface area contributed by atoms with Crippen molar-refractivity contribution in [2.45, 2.75) is 44.5 Å². The molecule has 1 aromatic rings. The SMILES string of the molecule is O=C(C1CC(O)C1)N1Cc2ccnn2CCC1CN1CCOCC1. The normalized spacial score (nSPS) is 31.2. The summed E-state index contributed by atoms with van der Waals surface area (Å²) in [7, 11) is 0. The Morgan fingerprint density at radius 3 is 2.83 bits per heavy atom. The molecule has 0 bridgehead atoms. The smallest absolute Gasteiger partial charge is 0.226 e. The van der Waals surface area contributed by atoms with E-state index in [1.54, 1.807) is 0 Å². The van der Waals surface area contributed by atoms with Crippen molar-refractivity contribution in [3.8, 4) is 0 Å². The molecule has 1 saturated carbocycles. The van der Waals surface area contributed by atoms with Gasteiger partial charge in [0.25, 0.3) is 0 Å². The third-order valence-corrected chi connectivity index (χ3v) is 5.57. The first-order chi connectivity index (χ1) is 11.7. The van der Waals surface area contributed by atoms with E-state index in [-0.39, 0.29) is 24.0 Å². The van der Waals surface area contributed by atoms with E-state index in [1.165, 1.54) is 0 Å². The van der Waals surface area contributed by atoms with Crippen molar-refractivity contribution in [1.82, 2.24) is 19.6 Å². The van der Waals surface area contributed by atoms with Crippen molar-refractivity contribution >= 4 is 5.91 Å². The van der Waals surface area contributed by atoms with E-state index in [9.17, 15) is 9.90 Å². The van der Waals surface area contributed by atoms with Crippen LogP contribution in [0.5, 0.6) is 0 Å². The van der Waals surface area contributed by atoms with E-state index in [0.717, 1.165) is 51.5 Å². The van der Waals surface area contributed by atoms with E-state index in [4.69, 9.17) is 4.74 Å². The van der Waals surface area contributed by atoms with Gasteiger partial charge in [-0.25, -0.2) is 0 Å². The fraction of sp³-hybridized carbons (Fsp3) is 0.765. The highest BCUT2D eigenvalue weighted by atomic mass is 16.5. The lowest BCUT2D eigenvalue weighted by Crippen LogP contribution is -2.52. The Kier molecular flexibility index (Phi) is 4.56. The number of aromatic nitrogens is 2. The minimum atomic E-state index is -0.297. The van der Waals surface area contributed by atoms with Crippen LogP contribution in [-0.4, -0.2) is 75.6 Å². The molecule has 0 radical (unpaired) electrons. The lowest BCUT2D eigenvalue weighted by Gasteiger charge is -2.40. The van der Waals surface area contributed by atoms with Gasteiger partial charge in [-0.05, 0) is 25.3 Å². The summed E-state index contributed by atoms with van der Waals surface area (Å²) >= 11 is 0. The predicted octanol–water partition coefficient (Wildman–Crippen LogP) is 0.0871. The highest BCUT2D eigenvalue weighted by molar-refractivity contribution is 5.80. The molecule has 3 heterocycles. The Morgan fingerprint density at radius 2 is 2.08 bits per heavy atom. The van der Waals surface area contributed by atoms with Crippen LogP contribution in [0.4, 0.5) is 0 Å². The molecule has 1 saturated heterocycles. The monoisotopic (exact) mass is 334 g/mol. The molecule has 1 N–H and O–H groups in total. The molecule has 2 fully saturated rings. The van der Waals surface area contributed by atoms with Crippen molar-refractivity contribution in [1.29, 1.82) is 0 Å². The molecule has 7 nitrogen and oxygen atoms in total. The van der Waals surface area contributed by atoms with Crippen LogP contribution in [0.25, 0.3) is 0 Å². The molecule has 3 aliphatic rings. The summed E-state index contributed by atoms with van der Waals surface area (Å²) in [6, 6.07) is 2.21. The number of hydrogen-bond acceptors (Lipinski definition) is 5. The van der Waals surface area contributed by atoms with Gasteiger partial charge < -0.3 is 14.7 Å². The van der Waals surface area contributed by atoms with Crippen LogP contribution in [0.2, 0.25) is 0 Å². The first kappa shape index (κ1) is 16.1. The molecule has 1 atom stereocenters. The van der Waals surface area contributed by atoms with Crippen LogP contribution in [0.15, 0.2) is 12.3 Å². The van der Waals surface area contributed by atoms with E-state index < -0.39 is 0 Å². The summed E-state index contributed by atoms with van der Waals surface area (Å²) in [5.41, 5.74) is 1.10. The molecule has 24 heavy (non-hydrogen) atoms. The highest BCUT2D eigenvalue weighted by Crippen LogP contribution is 2.31. The lowest BCUT2D eigenvalue weighted by molar-refractivity contribution is -0.146. The van der Waals surface area contributed by atoms with Crippen LogP contribution >= 0.6 is 0 Å². The molecule has 0 spiro atoms. The van der Waals surface area contributed by atoms with Crippen molar-refractivity contribution in [2.75, 3.05) is 32.8 Å². The standard InChI is InChI=1S/C17H26N4O3/c22-16-9-13(10-16)17(23)20-12-15-1-3-18-21(15)4-2-14(20)11-19-5-7-24-8-6-19/h1,3,13-14,16,22H,2,4-12H2. The van der Waals surface area contributed by atoms with E-state index in [0.29, 0.717) is 19.4 Å². The molecule has 1 amide bonds. The number of aryl methyl sites for hydroxylation is 1. The zero-order chi connectivity index (χ0) is 16.5. The summed E-state index contributed by atoms with van der Waals surface area (Å²) in [5, 5.41) is 14.0. The maximum atomic E-state index is 13.0. The number of amides is 1. The zero-order valence-corrected chi connectivity index (χ0v) is 14.0. The molecule has 1 aliphatic carbocycles. The molecule has 1 aromatic heterocycles. The molecule has 0 aromatic carbocycles. The van der Waals surface area contributed by atoms with Crippen molar-refractivity contribution in [2.24, 2.45) is 5.92 Å². The summed E-state index contributed by atoms with van der Waals surface area (Å²) < 4.78 is 7.46. The van der Waals surface area contributed by atoms with Crippen LogP contribution in [-0.2, 0) is 22.6 Å². The van der Waals surface area contributed by atoms with Gasteiger partial charge in [-0.3, -0.25) is 14.4 Å². The van der Waals surface area contributed by atoms with Crippen molar-refractivity contribution in [3.05, 3.63) is 18.0 Å². The maximum absolute atomic E-state index is 13.0. The number of aliphatic hydroxyl groups is 1. The number of carbonyl (C=O) groups excluding carboxylic acids is 1. The van der Waals surface area contributed by atoms with E-state index in [1.807, 2.05) is 21.8 Å². The van der Waals surface area contributed by atoms with Crippen molar-refractivity contribution < 1.29 is 14.6 Å². The zero-order valence-electron chi connectivity index (χ0n) is 14.0. The third kappa shape index (κ3) is 3.20. The Bertz CT molecular complexity index is 578. The number of nitrogens with zero attached hydrogens (tertiary/aromatic N) is 4. The average molecular weight is 334 g/mol. The quantitative estimate of drug-likeness (QED) is 0.848. The number of morpholine rings is 1. The van der Waals surface area contributed by atoms with Gasteiger partial charge in [-0.2, -0.15) is 5.10 Å². The number of carbonyl (C=O) groups is 1. The van der Waals surface area contributed by atoms with Crippen LogP contribution in [0, 0.1) is 5.92 Å². The van der Waals surface area contributed by atoms with Gasteiger partial charge in [-0.15, -0.1) is 0 Å². The van der Waals surface area contributed by atoms with Gasteiger partial charge in [0.15, 0.2) is 0 Å². The average Bonchev–Trinajstić information content (AvgIpc) is 2.94. The Balaban J connectivity index is 1.50. The Morgan fingerprint density at radius 1 is 1.29 bits per heavy atom. The van der Waals surface area contributed by atoms with Gasteiger partial charge >= 0.3 is 0 Å². The second kappa shape index (κ2) is 6.82. The van der Waals surface area contributed by atoms with E-state index in [2.05, 4.69) is 10.00 Å². The molecule has 132 valence electrons. The number of hydrogen-bond donors (Lipinski definition) is 1. The summed E-state index contributed by atoms with van der Waals surface area (Å²) in [6.45, 7) is 5.80. The topological polar surface area (TPSA) is 70.8 Å². The fourth-order valence-electron chi connectivity index (χ4n) is 3.98. The predicted molar refractivity (Wildman–Crippen MR) is 87.2 cm³/mol. The Hall–Kier alpha value is -1.44. The van der Waals surface area contributed by atoms with Gasteiger partial charge in [0, 0.05) is 44.3 Å². The largest absolute Gasteiger partial charge is 0.393 e. The van der Waals surface area contributed by atoms with E-state index >= 15 is 0 Å². The molecular formula is C17H26N4O3. The fourth-order valence-corrected chi connectivity index (χ4v) is 3.98. The van der Waals surface area contributed by atoms with Gasteiger partial charge in [0.05, 0.1) is 31.6 Å². The first-order valence-electron chi connectivity index (χ1n) is 9.00. The summed E-state index contributed by atoms with van der Waals surface area (Å²) in [4.78, 5) is 17.5. The van der Waals surface area contributed by atoms with Gasteiger partial charge in [-0.1, -0.05) is 0 Å². The number of ether oxygens (including phenoxy) is 1. The van der Waals surface area contributed by atoms with Gasteiger partial charge in [0.1, 0.15) is 0 Å². The molecule has 2 aliphatic heterocycles. The Labute approximate surface area is 142 Å². The van der Waals surface area contributed by atoms with Crippen molar-refractivity contribution in [3.63, 3.8) is 0 Å². The van der Waals surface area contributed by atoms with Crippen LogP contribution in [0.3, 0.4) is 0 Å². The maximum Gasteiger partial charge on any atom is 0.226 e. The highest BCUT2D eigenvalue weighted by Gasteiger charge is 2.39. The summed E-state index contributed by atoms with van der Waals surface area (Å²) in [5.74, 6) is 0.190. The molecule has 4 rings (SSSR count). The molecule has 7 heteroatoms. The minimum Gasteiger partial charge on any atom is -0.393 e. The van der Waals surface area contributed by atoms with Crippen LogP contribution in [0.1, 0.15) is 25.0 Å². The number of rotatable bonds is 3. The molecule has 1 unspecified atom stereocenters. The molecular weight excluding hydrogens is 308 g/mol. The van der Waals surface area contributed by atoms with Crippen LogP contribution < -0.4 is 0 Å². The lowest BCUT2D eigenvalue weighted by atomic mass is 9.81. The summed E-state index contributed by atoms with van der Waals surface area (Å²) in [6.07, 6.45) is 3.66. The second-order valence-electron chi connectivity index (χ2n) is 7.19. The minimum absolute atomic E-state index is 0.0124.